The summed E-state index contributed by atoms with van der Waals surface area (Å²) in [7, 11) is 1.66. The van der Waals surface area contributed by atoms with Crippen LogP contribution in [0.3, 0.4) is 0 Å². The highest BCUT2D eigenvalue weighted by Gasteiger charge is 2.40. The molecular weight excluding hydrogens is 234 g/mol. The number of methoxy groups -OCH3 is 1. The Morgan fingerprint density at radius 1 is 1.44 bits per heavy atom. The average molecular weight is 257 g/mol. The summed E-state index contributed by atoms with van der Waals surface area (Å²) in [6.07, 6.45) is 1.88. The Morgan fingerprint density at radius 2 is 2.00 bits per heavy atom. The zero-order chi connectivity index (χ0) is 13.9. The van der Waals surface area contributed by atoms with E-state index in [0.717, 1.165) is 12.8 Å². The first-order valence-corrected chi connectivity index (χ1v) is 6.35. The lowest BCUT2D eigenvalue weighted by Gasteiger charge is -2.36. The molecule has 1 unspecified atom stereocenters. The van der Waals surface area contributed by atoms with Crippen molar-refractivity contribution in [2.45, 2.75) is 52.2 Å². The molecule has 2 N–H and O–H groups in total. The van der Waals surface area contributed by atoms with Crippen LogP contribution in [-0.4, -0.2) is 36.2 Å². The Hall–Kier alpha value is -1.10. The quantitative estimate of drug-likeness (QED) is 0.754. The van der Waals surface area contributed by atoms with Crippen LogP contribution in [0, 0.1) is 11.3 Å². The van der Waals surface area contributed by atoms with Gasteiger partial charge in [-0.15, -0.1) is 0 Å². The lowest BCUT2D eigenvalue weighted by Crippen LogP contribution is -2.49. The predicted octanol–water partition coefficient (Wildman–Crippen LogP) is 1.42. The fourth-order valence-electron chi connectivity index (χ4n) is 2.01. The van der Waals surface area contributed by atoms with Crippen LogP contribution in [-0.2, 0) is 14.3 Å². The van der Waals surface area contributed by atoms with Gasteiger partial charge in [-0.05, 0) is 25.7 Å². The van der Waals surface area contributed by atoms with E-state index < -0.39 is 11.4 Å². The van der Waals surface area contributed by atoms with E-state index in [2.05, 4.69) is 5.32 Å². The molecule has 0 aliphatic heterocycles. The second-order valence-electron chi connectivity index (χ2n) is 5.65. The molecule has 1 fully saturated rings. The van der Waals surface area contributed by atoms with E-state index in [1.54, 1.807) is 14.0 Å². The molecule has 0 aromatic carbocycles. The van der Waals surface area contributed by atoms with E-state index in [4.69, 9.17) is 4.74 Å². The van der Waals surface area contributed by atoms with Crippen molar-refractivity contribution in [2.75, 3.05) is 7.11 Å². The van der Waals surface area contributed by atoms with Crippen LogP contribution in [0.5, 0.6) is 0 Å². The van der Waals surface area contributed by atoms with Crippen LogP contribution in [0.1, 0.15) is 40.0 Å². The largest absolute Gasteiger partial charge is 0.481 e. The number of amides is 1. The van der Waals surface area contributed by atoms with E-state index in [1.165, 1.54) is 0 Å². The number of hydrogen-bond donors (Lipinski definition) is 2. The van der Waals surface area contributed by atoms with Gasteiger partial charge in [0, 0.05) is 19.6 Å². The van der Waals surface area contributed by atoms with Crippen molar-refractivity contribution in [3.63, 3.8) is 0 Å². The van der Waals surface area contributed by atoms with Crippen molar-refractivity contribution in [3.8, 4) is 0 Å². The molecule has 1 amide bonds. The maximum absolute atomic E-state index is 11.9. The van der Waals surface area contributed by atoms with Gasteiger partial charge in [-0.2, -0.15) is 0 Å². The van der Waals surface area contributed by atoms with Gasteiger partial charge in [-0.3, -0.25) is 9.59 Å². The number of carbonyl (C=O) groups excluding carboxylic acids is 1. The number of carboxylic acid groups (broad SMARTS) is 1. The van der Waals surface area contributed by atoms with E-state index in [-0.39, 0.29) is 30.4 Å². The van der Waals surface area contributed by atoms with E-state index in [0.29, 0.717) is 0 Å². The summed E-state index contributed by atoms with van der Waals surface area (Å²) in [5, 5.41) is 12.1. The van der Waals surface area contributed by atoms with Crippen LogP contribution in [0.25, 0.3) is 0 Å². The molecule has 18 heavy (non-hydrogen) atoms. The number of hydrogen-bond acceptors (Lipinski definition) is 3. The summed E-state index contributed by atoms with van der Waals surface area (Å²) in [6, 6.07) is 0.132. The molecular formula is C13H23NO4. The molecule has 0 aromatic heterocycles. The van der Waals surface area contributed by atoms with Gasteiger partial charge in [0.15, 0.2) is 0 Å². The number of ether oxygens (including phenoxy) is 1. The molecule has 0 aromatic rings. The molecule has 1 atom stereocenters. The third-order valence-electron chi connectivity index (χ3n) is 4.08. The highest BCUT2D eigenvalue weighted by Crippen LogP contribution is 2.32. The van der Waals surface area contributed by atoms with Crippen molar-refractivity contribution in [1.82, 2.24) is 5.32 Å². The van der Waals surface area contributed by atoms with Gasteiger partial charge in [0.1, 0.15) is 0 Å². The first-order valence-electron chi connectivity index (χ1n) is 6.35. The summed E-state index contributed by atoms with van der Waals surface area (Å²) < 4.78 is 5.13. The summed E-state index contributed by atoms with van der Waals surface area (Å²) in [6.45, 7) is 5.27. The Labute approximate surface area is 108 Å². The Bertz CT molecular complexity index is 323. The molecule has 5 heteroatoms. The third kappa shape index (κ3) is 3.22. The van der Waals surface area contributed by atoms with Crippen LogP contribution in [0.15, 0.2) is 0 Å². The molecule has 5 nitrogen and oxygen atoms in total. The molecule has 0 radical (unpaired) electrons. The van der Waals surface area contributed by atoms with Crippen LogP contribution in [0.4, 0.5) is 0 Å². The van der Waals surface area contributed by atoms with Gasteiger partial charge in [-0.1, -0.05) is 13.8 Å². The minimum atomic E-state index is -1.01. The normalized spacial score (nSPS) is 26.3. The van der Waals surface area contributed by atoms with Crippen molar-refractivity contribution in [2.24, 2.45) is 11.3 Å². The van der Waals surface area contributed by atoms with Crippen molar-refractivity contribution in [1.29, 1.82) is 0 Å². The minimum Gasteiger partial charge on any atom is -0.481 e. The second kappa shape index (κ2) is 5.69. The second-order valence-corrected chi connectivity index (χ2v) is 5.65. The van der Waals surface area contributed by atoms with Crippen molar-refractivity contribution < 1.29 is 19.4 Å². The Balaban J connectivity index is 2.46. The van der Waals surface area contributed by atoms with Gasteiger partial charge in [-0.25, -0.2) is 0 Å². The van der Waals surface area contributed by atoms with Gasteiger partial charge in [0.05, 0.1) is 11.5 Å². The monoisotopic (exact) mass is 257 g/mol. The molecule has 104 valence electrons. The van der Waals surface area contributed by atoms with E-state index >= 15 is 0 Å². The smallest absolute Gasteiger partial charge is 0.310 e. The number of aliphatic carboxylic acids is 1. The molecule has 1 aliphatic rings. The molecule has 0 spiro atoms. The van der Waals surface area contributed by atoms with E-state index in [1.807, 2.05) is 13.8 Å². The van der Waals surface area contributed by atoms with Gasteiger partial charge >= 0.3 is 5.97 Å². The highest BCUT2D eigenvalue weighted by atomic mass is 16.5. The standard InChI is InChI=1S/C13H23NO4/c1-8(2)13(3,12(16)17)7-11(15)14-9-5-10(6-9)18-4/h8-10H,5-7H2,1-4H3,(H,14,15)(H,16,17). The molecule has 0 heterocycles. The minimum absolute atomic E-state index is 0.0220. The highest BCUT2D eigenvalue weighted by molar-refractivity contribution is 5.85. The van der Waals surface area contributed by atoms with Crippen LogP contribution >= 0.6 is 0 Å². The molecule has 0 bridgehead atoms. The lowest BCUT2D eigenvalue weighted by atomic mass is 9.76. The van der Waals surface area contributed by atoms with Gasteiger partial charge in [0.2, 0.25) is 5.91 Å². The summed E-state index contributed by atoms with van der Waals surface area (Å²) in [5.41, 5.74) is -1.01. The van der Waals surface area contributed by atoms with Gasteiger partial charge < -0.3 is 15.2 Å². The average Bonchev–Trinajstić information content (AvgIpc) is 2.21. The fraction of sp³-hybridized carbons (Fsp3) is 0.846. The van der Waals surface area contributed by atoms with Gasteiger partial charge in [0.25, 0.3) is 0 Å². The zero-order valence-electron chi connectivity index (χ0n) is 11.5. The summed E-state index contributed by atoms with van der Waals surface area (Å²) in [5.74, 6) is -1.20. The maximum Gasteiger partial charge on any atom is 0.310 e. The molecule has 1 rings (SSSR count). The predicted molar refractivity (Wildman–Crippen MR) is 67.2 cm³/mol. The number of carbonyl (C=O) groups is 2. The molecule has 1 aliphatic carbocycles. The maximum atomic E-state index is 11.9. The van der Waals surface area contributed by atoms with Crippen molar-refractivity contribution >= 4 is 11.9 Å². The zero-order valence-corrected chi connectivity index (χ0v) is 11.5. The first kappa shape index (κ1) is 15.0. The SMILES string of the molecule is COC1CC(NC(=O)CC(C)(C(=O)O)C(C)C)C1. The molecule has 1 saturated carbocycles. The van der Waals surface area contributed by atoms with Crippen LogP contribution < -0.4 is 5.32 Å². The van der Waals surface area contributed by atoms with Crippen LogP contribution in [0.2, 0.25) is 0 Å². The number of nitrogens with one attached hydrogen (secondary N) is 1. The topological polar surface area (TPSA) is 75.6 Å². The fourth-order valence-corrected chi connectivity index (χ4v) is 2.01. The summed E-state index contributed by atoms with van der Waals surface area (Å²) >= 11 is 0. The van der Waals surface area contributed by atoms with E-state index in [9.17, 15) is 14.7 Å². The third-order valence-corrected chi connectivity index (χ3v) is 4.08. The lowest BCUT2D eigenvalue weighted by molar-refractivity contribution is -0.154. The first-order chi connectivity index (χ1) is 8.29. The Kier molecular flexibility index (Phi) is 4.73. The van der Waals surface area contributed by atoms with Crippen molar-refractivity contribution in [3.05, 3.63) is 0 Å². The Morgan fingerprint density at radius 3 is 2.39 bits per heavy atom. The number of carboxylic acids is 1. The number of rotatable bonds is 6. The molecule has 0 saturated heterocycles. The summed E-state index contributed by atoms with van der Waals surface area (Å²) in [4.78, 5) is 23.1.